The number of para-hydroxylation sites is 1. The second-order valence-electron chi connectivity index (χ2n) is 6.57. The highest BCUT2D eigenvalue weighted by Crippen LogP contribution is 2.32. The molecule has 0 heterocycles. The summed E-state index contributed by atoms with van der Waals surface area (Å²) in [6, 6.07) is 7.90. The summed E-state index contributed by atoms with van der Waals surface area (Å²) in [5.41, 5.74) is 1.26. The minimum Gasteiger partial charge on any atom is -0.495 e. The van der Waals surface area contributed by atoms with Gasteiger partial charge in [-0.3, -0.25) is 0 Å². The molecular formula is C17H24O. The molecule has 1 nitrogen and oxygen atoms in total. The molecule has 0 aliphatic carbocycles. The van der Waals surface area contributed by atoms with E-state index in [0.29, 0.717) is 5.41 Å². The van der Waals surface area contributed by atoms with Crippen LogP contribution in [0.3, 0.4) is 0 Å². The Kier molecular flexibility index (Phi) is 4.46. The molecule has 0 aliphatic heterocycles. The highest BCUT2D eigenvalue weighted by molar-refractivity contribution is 5.46. The first kappa shape index (κ1) is 14.6. The molecule has 0 aromatic heterocycles. The molecular weight excluding hydrogens is 220 g/mol. The van der Waals surface area contributed by atoms with E-state index in [9.17, 15) is 0 Å². The van der Waals surface area contributed by atoms with Crippen molar-refractivity contribution < 1.29 is 4.74 Å². The Morgan fingerprint density at radius 3 is 2.22 bits per heavy atom. The van der Waals surface area contributed by atoms with Crippen molar-refractivity contribution in [3.8, 4) is 17.6 Å². The first-order chi connectivity index (χ1) is 8.23. The first-order valence-corrected chi connectivity index (χ1v) is 6.40. The average molecular weight is 244 g/mol. The Bertz CT molecular complexity index is 452. The van der Waals surface area contributed by atoms with Crippen LogP contribution in [0.25, 0.3) is 0 Å². The van der Waals surface area contributed by atoms with Gasteiger partial charge in [-0.2, -0.15) is 0 Å². The molecule has 0 fully saturated rings. The molecule has 0 bridgehead atoms. The van der Waals surface area contributed by atoms with Crippen LogP contribution in [-0.4, -0.2) is 7.11 Å². The van der Waals surface area contributed by atoms with E-state index in [1.807, 2.05) is 24.3 Å². The summed E-state index contributed by atoms with van der Waals surface area (Å²) in [5.74, 6) is 7.47. The highest BCUT2D eigenvalue weighted by Gasteiger charge is 2.23. The third kappa shape index (κ3) is 4.84. The van der Waals surface area contributed by atoms with Crippen LogP contribution in [0.2, 0.25) is 0 Å². The largest absolute Gasteiger partial charge is 0.495 e. The maximum Gasteiger partial charge on any atom is 0.134 e. The molecule has 0 atom stereocenters. The zero-order valence-electron chi connectivity index (χ0n) is 12.4. The van der Waals surface area contributed by atoms with Crippen molar-refractivity contribution in [3.63, 3.8) is 0 Å². The van der Waals surface area contributed by atoms with Gasteiger partial charge in [-0.15, -0.1) is 0 Å². The Morgan fingerprint density at radius 1 is 1.06 bits per heavy atom. The summed E-state index contributed by atoms with van der Waals surface area (Å²) in [5, 5.41) is 0. The van der Waals surface area contributed by atoms with Crippen LogP contribution in [0.1, 0.15) is 46.6 Å². The van der Waals surface area contributed by atoms with Gasteiger partial charge in [0.05, 0.1) is 12.7 Å². The van der Waals surface area contributed by atoms with Crippen molar-refractivity contribution in [2.24, 2.45) is 10.8 Å². The summed E-state index contributed by atoms with van der Waals surface area (Å²) in [4.78, 5) is 0. The van der Waals surface area contributed by atoms with E-state index in [0.717, 1.165) is 17.7 Å². The Morgan fingerprint density at radius 2 is 1.67 bits per heavy atom. The summed E-state index contributed by atoms with van der Waals surface area (Å²) in [6.07, 6.45) is 1.07. The van der Waals surface area contributed by atoms with Gasteiger partial charge in [0.15, 0.2) is 0 Å². The van der Waals surface area contributed by atoms with Crippen LogP contribution in [0.15, 0.2) is 24.3 Å². The van der Waals surface area contributed by atoms with Gasteiger partial charge >= 0.3 is 0 Å². The molecule has 0 N–H and O–H groups in total. The van der Waals surface area contributed by atoms with E-state index < -0.39 is 0 Å². The normalized spacial score (nSPS) is 11.7. The van der Waals surface area contributed by atoms with Gasteiger partial charge in [-0.25, -0.2) is 0 Å². The molecule has 0 aliphatic rings. The van der Waals surface area contributed by atoms with Crippen LogP contribution in [-0.2, 0) is 0 Å². The predicted octanol–water partition coefficient (Wildman–Crippen LogP) is 4.51. The maximum absolute atomic E-state index is 5.31. The van der Waals surface area contributed by atoms with Crippen LogP contribution in [0.5, 0.6) is 5.75 Å². The lowest BCUT2D eigenvalue weighted by atomic mass is 9.76. The number of methoxy groups -OCH3 is 1. The maximum atomic E-state index is 5.31. The standard InChI is InChI=1S/C17H24O/c1-16(2,3)13-17(4,5)12-11-14-9-7-8-10-15(14)18-6/h7-10H,13H2,1-6H3. The molecule has 1 aromatic rings. The predicted molar refractivity (Wildman–Crippen MR) is 77.7 cm³/mol. The van der Waals surface area contributed by atoms with E-state index in [4.69, 9.17) is 4.74 Å². The fourth-order valence-electron chi connectivity index (χ4n) is 2.35. The van der Waals surface area contributed by atoms with Gasteiger partial charge in [0.2, 0.25) is 0 Å². The van der Waals surface area contributed by atoms with Crippen molar-refractivity contribution in [1.82, 2.24) is 0 Å². The third-order valence-corrected chi connectivity index (χ3v) is 2.61. The van der Waals surface area contributed by atoms with Crippen molar-refractivity contribution in [2.75, 3.05) is 7.11 Å². The monoisotopic (exact) mass is 244 g/mol. The van der Waals surface area contributed by atoms with Crippen LogP contribution >= 0.6 is 0 Å². The SMILES string of the molecule is COc1ccccc1C#CC(C)(C)CC(C)(C)C. The molecule has 18 heavy (non-hydrogen) atoms. The van der Waals surface area contributed by atoms with E-state index in [1.165, 1.54) is 0 Å². The van der Waals surface area contributed by atoms with E-state index in [2.05, 4.69) is 46.5 Å². The van der Waals surface area contributed by atoms with Crippen molar-refractivity contribution >= 4 is 0 Å². The van der Waals surface area contributed by atoms with E-state index >= 15 is 0 Å². The molecule has 0 unspecified atom stereocenters. The topological polar surface area (TPSA) is 9.23 Å². The van der Waals surface area contributed by atoms with Gasteiger partial charge in [-0.05, 0) is 37.8 Å². The van der Waals surface area contributed by atoms with Crippen molar-refractivity contribution in [2.45, 2.75) is 41.0 Å². The first-order valence-electron chi connectivity index (χ1n) is 6.40. The van der Waals surface area contributed by atoms with Gasteiger partial charge in [0, 0.05) is 5.41 Å². The molecule has 1 rings (SSSR count). The molecule has 0 saturated heterocycles. The third-order valence-electron chi connectivity index (χ3n) is 2.61. The highest BCUT2D eigenvalue weighted by atomic mass is 16.5. The summed E-state index contributed by atoms with van der Waals surface area (Å²) in [7, 11) is 1.68. The minimum absolute atomic E-state index is 0.0130. The zero-order chi connectivity index (χ0) is 13.8. The molecule has 1 heteroatoms. The lowest BCUT2D eigenvalue weighted by Crippen LogP contribution is -2.18. The number of ether oxygens (including phenoxy) is 1. The zero-order valence-corrected chi connectivity index (χ0v) is 12.4. The quantitative estimate of drug-likeness (QED) is 0.696. The Hall–Kier alpha value is -1.42. The Balaban J connectivity index is 2.93. The van der Waals surface area contributed by atoms with Crippen molar-refractivity contribution in [1.29, 1.82) is 0 Å². The molecule has 0 amide bonds. The van der Waals surface area contributed by atoms with E-state index in [1.54, 1.807) is 7.11 Å². The molecule has 0 spiro atoms. The van der Waals surface area contributed by atoms with Gasteiger partial charge < -0.3 is 4.74 Å². The van der Waals surface area contributed by atoms with Crippen LogP contribution < -0.4 is 4.74 Å². The number of benzene rings is 1. The summed E-state index contributed by atoms with van der Waals surface area (Å²) < 4.78 is 5.31. The lowest BCUT2D eigenvalue weighted by molar-refractivity contribution is 0.271. The van der Waals surface area contributed by atoms with Crippen LogP contribution in [0, 0.1) is 22.7 Å². The van der Waals surface area contributed by atoms with Crippen molar-refractivity contribution in [3.05, 3.63) is 29.8 Å². The van der Waals surface area contributed by atoms with Gasteiger partial charge in [-0.1, -0.05) is 44.7 Å². The fraction of sp³-hybridized carbons (Fsp3) is 0.529. The van der Waals surface area contributed by atoms with E-state index in [-0.39, 0.29) is 5.41 Å². The Labute approximate surface area is 112 Å². The molecule has 98 valence electrons. The van der Waals surface area contributed by atoms with Crippen LogP contribution in [0.4, 0.5) is 0 Å². The fourth-order valence-corrected chi connectivity index (χ4v) is 2.35. The smallest absolute Gasteiger partial charge is 0.134 e. The minimum atomic E-state index is 0.0130. The van der Waals surface area contributed by atoms with Gasteiger partial charge in [0.25, 0.3) is 0 Å². The number of hydrogen-bond acceptors (Lipinski definition) is 1. The summed E-state index contributed by atoms with van der Waals surface area (Å²) in [6.45, 7) is 11.1. The average Bonchev–Trinajstić information content (AvgIpc) is 2.23. The van der Waals surface area contributed by atoms with Gasteiger partial charge in [0.1, 0.15) is 5.75 Å². The summed E-state index contributed by atoms with van der Waals surface area (Å²) >= 11 is 0. The second kappa shape index (κ2) is 5.48. The molecule has 1 aromatic carbocycles. The molecule has 0 radical (unpaired) electrons. The number of rotatable bonds is 2. The second-order valence-corrected chi connectivity index (χ2v) is 6.57. The molecule has 0 saturated carbocycles. The number of hydrogen-bond donors (Lipinski definition) is 0. The lowest BCUT2D eigenvalue weighted by Gasteiger charge is -2.27.